The molecule has 3 nitrogen and oxygen atoms in total. The van der Waals surface area contributed by atoms with Crippen molar-refractivity contribution < 1.29 is 13.9 Å². The smallest absolute Gasteiger partial charge is 0.414 e. The van der Waals surface area contributed by atoms with E-state index in [1.807, 2.05) is 0 Å². The van der Waals surface area contributed by atoms with Crippen molar-refractivity contribution in [2.24, 2.45) is 0 Å². The number of hydrogen-bond acceptors (Lipinski definition) is 2. The van der Waals surface area contributed by atoms with E-state index in [9.17, 15) is 9.18 Å². The van der Waals surface area contributed by atoms with Crippen molar-refractivity contribution >= 4 is 6.09 Å². The first-order valence-corrected chi connectivity index (χ1v) is 4.24. The van der Waals surface area contributed by atoms with E-state index in [-0.39, 0.29) is 5.83 Å². The maximum Gasteiger partial charge on any atom is 0.414 e. The average molecular weight is 187 g/mol. The maximum atomic E-state index is 12.6. The number of carbonyl (C=O) groups is 1. The topological polar surface area (TPSA) is 29.5 Å². The molecule has 13 heavy (non-hydrogen) atoms. The first-order valence-electron chi connectivity index (χ1n) is 4.24. The van der Waals surface area contributed by atoms with Gasteiger partial charge in [-0.25, -0.2) is 9.18 Å². The molecular formula is C9H14FNO2. The van der Waals surface area contributed by atoms with Crippen molar-refractivity contribution in [3.63, 3.8) is 0 Å². The lowest BCUT2D eigenvalue weighted by molar-refractivity contribution is 0.0349. The molecule has 4 heteroatoms. The minimum atomic E-state index is -0.524. The Hall–Kier alpha value is -1.06. The van der Waals surface area contributed by atoms with E-state index in [0.717, 1.165) is 0 Å². The Bertz CT molecular complexity index is 242. The number of ether oxygens (including phenoxy) is 1. The zero-order valence-electron chi connectivity index (χ0n) is 8.13. The number of halogens is 1. The van der Waals surface area contributed by atoms with Crippen molar-refractivity contribution in [1.29, 1.82) is 0 Å². The summed E-state index contributed by atoms with van der Waals surface area (Å²) in [7, 11) is 0. The van der Waals surface area contributed by atoms with E-state index in [2.05, 4.69) is 0 Å². The normalized spacial score (nSPS) is 17.2. The Morgan fingerprint density at radius 3 is 2.62 bits per heavy atom. The summed E-state index contributed by atoms with van der Waals surface area (Å²) >= 11 is 0. The molecule has 0 saturated carbocycles. The second-order valence-corrected chi connectivity index (χ2v) is 4.00. The molecule has 74 valence electrons. The fraction of sp³-hybridized carbons (Fsp3) is 0.667. The Balaban J connectivity index is 2.50. The summed E-state index contributed by atoms with van der Waals surface area (Å²) in [6.45, 7) is 5.71. The van der Waals surface area contributed by atoms with Gasteiger partial charge in [-0.3, -0.25) is 4.90 Å². The summed E-state index contributed by atoms with van der Waals surface area (Å²) in [5, 5.41) is 0. The number of rotatable bonds is 0. The van der Waals surface area contributed by atoms with Crippen LogP contribution in [-0.4, -0.2) is 23.1 Å². The maximum absolute atomic E-state index is 12.6. The van der Waals surface area contributed by atoms with Crippen LogP contribution in [0.15, 0.2) is 12.0 Å². The van der Waals surface area contributed by atoms with Crippen molar-refractivity contribution in [3.05, 3.63) is 12.0 Å². The highest BCUT2D eigenvalue weighted by molar-refractivity contribution is 5.70. The van der Waals surface area contributed by atoms with Crippen LogP contribution in [0, 0.1) is 0 Å². The van der Waals surface area contributed by atoms with E-state index >= 15 is 0 Å². The number of amides is 1. The predicted octanol–water partition coefficient (Wildman–Crippen LogP) is 2.44. The van der Waals surface area contributed by atoms with Crippen LogP contribution in [0.1, 0.15) is 27.2 Å². The number of carbonyl (C=O) groups excluding carboxylic acids is 1. The lowest BCUT2D eigenvalue weighted by Gasteiger charge is -2.22. The molecule has 0 spiro atoms. The molecule has 0 bridgehead atoms. The Kier molecular flexibility index (Phi) is 2.59. The molecule has 0 aromatic carbocycles. The van der Waals surface area contributed by atoms with Crippen LogP contribution >= 0.6 is 0 Å². The molecule has 0 unspecified atom stereocenters. The van der Waals surface area contributed by atoms with E-state index in [4.69, 9.17) is 4.74 Å². The molecule has 0 aliphatic carbocycles. The second-order valence-electron chi connectivity index (χ2n) is 4.00. The summed E-state index contributed by atoms with van der Waals surface area (Å²) in [6.07, 6.45) is 0.994. The van der Waals surface area contributed by atoms with Gasteiger partial charge in [-0.05, 0) is 20.8 Å². The van der Waals surface area contributed by atoms with Gasteiger partial charge >= 0.3 is 6.09 Å². The van der Waals surface area contributed by atoms with Gasteiger partial charge in [0.15, 0.2) is 0 Å². The van der Waals surface area contributed by atoms with Gasteiger partial charge in [0.1, 0.15) is 11.4 Å². The highest BCUT2D eigenvalue weighted by Gasteiger charge is 2.24. The number of hydrogen-bond donors (Lipinski definition) is 0. The molecule has 0 fully saturated rings. The summed E-state index contributed by atoms with van der Waals surface area (Å²) in [5.74, 6) is -0.272. The average Bonchev–Trinajstić information content (AvgIpc) is 2.31. The van der Waals surface area contributed by atoms with Crippen molar-refractivity contribution in [3.8, 4) is 0 Å². The molecule has 1 aliphatic rings. The lowest BCUT2D eigenvalue weighted by Crippen LogP contribution is -2.32. The summed E-state index contributed by atoms with van der Waals surface area (Å²) in [4.78, 5) is 12.5. The predicted molar refractivity (Wildman–Crippen MR) is 46.7 cm³/mol. The van der Waals surface area contributed by atoms with Gasteiger partial charge < -0.3 is 4.74 Å². The quantitative estimate of drug-likeness (QED) is 0.583. The molecule has 1 amide bonds. The zero-order valence-corrected chi connectivity index (χ0v) is 8.13. The standard InChI is InChI=1S/C9H14FNO2/c1-9(2,3)13-8(12)11-5-4-7(10)6-11/h6H,4-5H2,1-3H3. The van der Waals surface area contributed by atoms with Crippen molar-refractivity contribution in [1.82, 2.24) is 4.90 Å². The van der Waals surface area contributed by atoms with Gasteiger partial charge in [-0.15, -0.1) is 0 Å². The summed E-state index contributed by atoms with van der Waals surface area (Å²) < 4.78 is 17.6. The van der Waals surface area contributed by atoms with E-state index < -0.39 is 11.7 Å². The molecule has 0 saturated heterocycles. The van der Waals surface area contributed by atoms with Crippen molar-refractivity contribution in [2.75, 3.05) is 6.54 Å². The summed E-state index contributed by atoms with van der Waals surface area (Å²) in [6, 6.07) is 0. The third kappa shape index (κ3) is 3.05. The molecular weight excluding hydrogens is 173 g/mol. The van der Waals surface area contributed by atoms with E-state index in [1.54, 1.807) is 20.8 Å². The largest absolute Gasteiger partial charge is 0.443 e. The van der Waals surface area contributed by atoms with Crippen LogP contribution in [0.4, 0.5) is 9.18 Å². The first kappa shape index (κ1) is 10.0. The van der Waals surface area contributed by atoms with Gasteiger partial charge in [-0.2, -0.15) is 0 Å². The zero-order chi connectivity index (χ0) is 10.1. The highest BCUT2D eigenvalue weighted by atomic mass is 19.1. The third-order valence-electron chi connectivity index (χ3n) is 1.52. The Labute approximate surface area is 77.2 Å². The van der Waals surface area contributed by atoms with Crippen LogP contribution in [0.3, 0.4) is 0 Å². The molecule has 0 radical (unpaired) electrons. The SMILES string of the molecule is CC(C)(C)OC(=O)N1C=C(F)CC1. The molecule has 1 rings (SSSR count). The molecule has 1 heterocycles. The Morgan fingerprint density at radius 1 is 1.62 bits per heavy atom. The van der Waals surface area contributed by atoms with Crippen LogP contribution in [0.5, 0.6) is 0 Å². The monoisotopic (exact) mass is 187 g/mol. The van der Waals surface area contributed by atoms with E-state index in [0.29, 0.717) is 13.0 Å². The molecule has 0 aromatic heterocycles. The fourth-order valence-corrected chi connectivity index (χ4v) is 0.990. The van der Waals surface area contributed by atoms with Crippen LogP contribution < -0.4 is 0 Å². The minimum absolute atomic E-state index is 0.272. The third-order valence-corrected chi connectivity index (χ3v) is 1.52. The van der Waals surface area contributed by atoms with E-state index in [1.165, 1.54) is 11.1 Å². The number of nitrogens with zero attached hydrogens (tertiary/aromatic N) is 1. The molecule has 0 aromatic rings. The van der Waals surface area contributed by atoms with Crippen LogP contribution in [0.2, 0.25) is 0 Å². The van der Waals surface area contributed by atoms with Gasteiger partial charge in [0.2, 0.25) is 0 Å². The molecule has 0 atom stereocenters. The van der Waals surface area contributed by atoms with Crippen molar-refractivity contribution in [2.45, 2.75) is 32.8 Å². The molecule has 1 aliphatic heterocycles. The molecule has 0 N–H and O–H groups in total. The summed E-state index contributed by atoms with van der Waals surface area (Å²) in [5.41, 5.74) is -0.524. The van der Waals surface area contributed by atoms with Gasteiger partial charge in [-0.1, -0.05) is 0 Å². The minimum Gasteiger partial charge on any atom is -0.443 e. The highest BCUT2D eigenvalue weighted by Crippen LogP contribution is 2.18. The Morgan fingerprint density at radius 2 is 2.23 bits per heavy atom. The second kappa shape index (κ2) is 3.36. The first-order chi connectivity index (χ1) is 5.88. The van der Waals surface area contributed by atoms with Crippen LogP contribution in [-0.2, 0) is 4.74 Å². The van der Waals surface area contributed by atoms with Gasteiger partial charge in [0, 0.05) is 19.2 Å². The fourth-order valence-electron chi connectivity index (χ4n) is 0.990. The van der Waals surface area contributed by atoms with Gasteiger partial charge in [0.05, 0.1) is 0 Å². The van der Waals surface area contributed by atoms with Gasteiger partial charge in [0.25, 0.3) is 0 Å². The van der Waals surface area contributed by atoms with Crippen LogP contribution in [0.25, 0.3) is 0 Å². The lowest BCUT2D eigenvalue weighted by atomic mass is 10.2.